The quantitative estimate of drug-likeness (QED) is 0.400. The molecule has 7 heteroatoms. The van der Waals surface area contributed by atoms with Crippen LogP contribution in [0.5, 0.6) is 5.75 Å². The predicted octanol–water partition coefficient (Wildman–Crippen LogP) is 4.03. The highest BCUT2D eigenvalue weighted by Crippen LogP contribution is 2.22. The fourth-order valence-electron chi connectivity index (χ4n) is 1.42. The molecule has 0 bridgehead atoms. The molecule has 0 atom stereocenters. The van der Waals surface area contributed by atoms with Crippen LogP contribution in [-0.4, -0.2) is 18.2 Å². The maximum absolute atomic E-state index is 11.7. The van der Waals surface area contributed by atoms with E-state index in [-0.39, 0.29) is 12.5 Å². The van der Waals surface area contributed by atoms with E-state index in [1.54, 1.807) is 11.3 Å². The van der Waals surface area contributed by atoms with Crippen molar-refractivity contribution in [3.05, 3.63) is 48.6 Å². The Morgan fingerprint density at radius 1 is 1.33 bits per heavy atom. The molecule has 1 amide bonds. The molecule has 0 unspecified atom stereocenters. The summed E-state index contributed by atoms with van der Waals surface area (Å²) in [5.74, 6) is 0.372. The topological polar surface area (TPSA) is 50.7 Å². The molecular weight excluding hydrogens is 467 g/mol. The number of ether oxygens (including phenoxy) is 1. The van der Waals surface area contributed by atoms with Gasteiger partial charge in [-0.25, -0.2) is 5.43 Å². The Balaban J connectivity index is 1.83. The lowest BCUT2D eigenvalue weighted by atomic mass is 10.3. The van der Waals surface area contributed by atoms with Crippen LogP contribution in [0.3, 0.4) is 0 Å². The zero-order chi connectivity index (χ0) is 15.2. The lowest BCUT2D eigenvalue weighted by Gasteiger charge is -2.05. The number of amides is 1. The molecule has 2 rings (SSSR count). The second-order valence-corrected chi connectivity index (χ2v) is 7.79. The maximum atomic E-state index is 11.7. The molecule has 21 heavy (non-hydrogen) atoms. The molecule has 0 fully saturated rings. The average molecular weight is 479 g/mol. The van der Waals surface area contributed by atoms with Gasteiger partial charge < -0.3 is 4.74 Å². The van der Waals surface area contributed by atoms with Crippen LogP contribution in [-0.2, 0) is 4.79 Å². The molecule has 0 saturated carbocycles. The van der Waals surface area contributed by atoms with Crippen molar-refractivity contribution in [1.29, 1.82) is 0 Å². The van der Waals surface area contributed by atoms with Crippen molar-refractivity contribution in [3.8, 4) is 5.75 Å². The van der Waals surface area contributed by atoms with Gasteiger partial charge in [-0.05, 0) is 81.8 Å². The monoisotopic (exact) mass is 478 g/mol. The van der Waals surface area contributed by atoms with Gasteiger partial charge in [0.25, 0.3) is 5.91 Å². The molecule has 1 aromatic carbocycles. The Kier molecular flexibility index (Phi) is 6.19. The normalized spacial score (nSPS) is 11.3. The zero-order valence-corrected chi connectivity index (χ0v) is 15.7. The first-order valence-corrected chi connectivity index (χ1v) is 8.70. The van der Waals surface area contributed by atoms with Crippen LogP contribution >= 0.6 is 49.9 Å². The molecule has 110 valence electrons. The summed E-state index contributed by atoms with van der Waals surface area (Å²) in [6.07, 6.45) is 0. The lowest BCUT2D eigenvalue weighted by Crippen LogP contribution is -2.25. The van der Waals surface area contributed by atoms with E-state index in [1.807, 2.05) is 43.3 Å². The second kappa shape index (κ2) is 7.90. The molecule has 1 N–H and O–H groups in total. The molecule has 0 radical (unpaired) electrons. The fourth-order valence-corrected chi connectivity index (χ4v) is 3.11. The first-order valence-electron chi connectivity index (χ1n) is 6.02. The average Bonchev–Trinajstić information content (AvgIpc) is 2.91. The molecule has 1 aromatic heterocycles. The van der Waals surface area contributed by atoms with Crippen LogP contribution in [0.4, 0.5) is 0 Å². The number of nitrogens with zero attached hydrogens (tertiary/aromatic N) is 1. The number of halogens is 2. The van der Waals surface area contributed by atoms with E-state index in [0.717, 1.165) is 17.9 Å². The minimum Gasteiger partial charge on any atom is -0.484 e. The van der Waals surface area contributed by atoms with Gasteiger partial charge in [-0.1, -0.05) is 0 Å². The van der Waals surface area contributed by atoms with Crippen LogP contribution < -0.4 is 10.2 Å². The molecule has 1 heterocycles. The van der Waals surface area contributed by atoms with Gasteiger partial charge in [-0.15, -0.1) is 11.3 Å². The summed E-state index contributed by atoms with van der Waals surface area (Å²) in [5.41, 5.74) is 3.24. The van der Waals surface area contributed by atoms with E-state index in [1.165, 1.54) is 0 Å². The number of nitrogens with one attached hydrogen (secondary N) is 1. The van der Waals surface area contributed by atoms with Crippen LogP contribution in [0.1, 0.15) is 11.8 Å². The van der Waals surface area contributed by atoms with Gasteiger partial charge in [-0.3, -0.25) is 4.79 Å². The zero-order valence-electron chi connectivity index (χ0n) is 11.1. The van der Waals surface area contributed by atoms with Crippen LogP contribution in [0.2, 0.25) is 0 Å². The van der Waals surface area contributed by atoms with E-state index in [4.69, 9.17) is 4.74 Å². The third kappa shape index (κ3) is 5.40. The number of hydrazone groups is 1. The van der Waals surface area contributed by atoms with Crippen molar-refractivity contribution in [2.45, 2.75) is 6.92 Å². The van der Waals surface area contributed by atoms with Crippen molar-refractivity contribution in [3.63, 3.8) is 0 Å². The van der Waals surface area contributed by atoms with Gasteiger partial charge in [0.2, 0.25) is 0 Å². The Labute approximate surface area is 148 Å². The number of rotatable bonds is 5. The third-order valence-corrected chi connectivity index (χ3v) is 4.91. The van der Waals surface area contributed by atoms with E-state index < -0.39 is 0 Å². The Bertz CT molecular complexity index is 655. The summed E-state index contributed by atoms with van der Waals surface area (Å²) in [6.45, 7) is 1.78. The first-order chi connectivity index (χ1) is 10.0. The SMILES string of the molecule is C/C(=N\NC(=O)COc1ccc(I)cc1)c1ccc(Br)s1. The number of thiophene rings is 1. The minimum atomic E-state index is -0.288. The van der Waals surface area contributed by atoms with Gasteiger partial charge >= 0.3 is 0 Å². The molecule has 0 saturated heterocycles. The molecule has 0 aliphatic rings. The van der Waals surface area contributed by atoms with Gasteiger partial charge in [0.15, 0.2) is 6.61 Å². The summed E-state index contributed by atoms with van der Waals surface area (Å²) >= 11 is 7.16. The summed E-state index contributed by atoms with van der Waals surface area (Å²) < 4.78 is 7.52. The van der Waals surface area contributed by atoms with Crippen LogP contribution in [0.15, 0.2) is 45.3 Å². The van der Waals surface area contributed by atoms with Crippen molar-refractivity contribution < 1.29 is 9.53 Å². The Morgan fingerprint density at radius 3 is 2.67 bits per heavy atom. The van der Waals surface area contributed by atoms with Gasteiger partial charge in [0.1, 0.15) is 5.75 Å². The molecule has 0 aliphatic carbocycles. The fraction of sp³-hybridized carbons (Fsp3) is 0.143. The van der Waals surface area contributed by atoms with Crippen molar-refractivity contribution in [2.75, 3.05) is 6.61 Å². The summed E-state index contributed by atoms with van der Waals surface area (Å²) in [5, 5.41) is 4.06. The standard InChI is InChI=1S/C14H12BrIN2O2S/c1-9(12-6-7-13(15)21-12)17-18-14(19)8-20-11-4-2-10(16)3-5-11/h2-7H,8H2,1H3,(H,18,19)/b17-9+. The van der Waals surface area contributed by atoms with Gasteiger partial charge in [0, 0.05) is 3.57 Å². The number of hydrogen-bond donors (Lipinski definition) is 1. The summed E-state index contributed by atoms with van der Waals surface area (Å²) in [4.78, 5) is 12.7. The third-order valence-electron chi connectivity index (χ3n) is 2.46. The van der Waals surface area contributed by atoms with Crippen LogP contribution in [0.25, 0.3) is 0 Å². The first kappa shape index (κ1) is 16.4. The number of carbonyl (C=O) groups is 1. The van der Waals surface area contributed by atoms with E-state index in [2.05, 4.69) is 49.0 Å². The molecular formula is C14H12BrIN2O2S. The van der Waals surface area contributed by atoms with E-state index in [0.29, 0.717) is 5.75 Å². The molecule has 0 aliphatic heterocycles. The molecule has 4 nitrogen and oxygen atoms in total. The van der Waals surface area contributed by atoms with Gasteiger partial charge in [-0.2, -0.15) is 5.10 Å². The Hall–Kier alpha value is -0.930. The van der Waals surface area contributed by atoms with E-state index in [9.17, 15) is 4.79 Å². The highest BCUT2D eigenvalue weighted by atomic mass is 127. The highest BCUT2D eigenvalue weighted by molar-refractivity contribution is 14.1. The maximum Gasteiger partial charge on any atom is 0.277 e. The largest absolute Gasteiger partial charge is 0.484 e. The second-order valence-electron chi connectivity index (χ2n) is 4.08. The summed E-state index contributed by atoms with van der Waals surface area (Å²) in [6, 6.07) is 11.4. The van der Waals surface area contributed by atoms with Crippen molar-refractivity contribution in [1.82, 2.24) is 5.43 Å². The van der Waals surface area contributed by atoms with Crippen molar-refractivity contribution in [2.24, 2.45) is 5.10 Å². The molecule has 2 aromatic rings. The Morgan fingerprint density at radius 2 is 2.05 bits per heavy atom. The lowest BCUT2D eigenvalue weighted by molar-refractivity contribution is -0.123. The molecule has 0 spiro atoms. The number of hydrogen-bond acceptors (Lipinski definition) is 4. The number of benzene rings is 1. The van der Waals surface area contributed by atoms with E-state index >= 15 is 0 Å². The van der Waals surface area contributed by atoms with Crippen molar-refractivity contribution >= 4 is 61.5 Å². The number of carbonyl (C=O) groups excluding carboxylic acids is 1. The van der Waals surface area contributed by atoms with Crippen LogP contribution in [0, 0.1) is 3.57 Å². The van der Waals surface area contributed by atoms with Gasteiger partial charge in [0.05, 0.1) is 14.4 Å². The smallest absolute Gasteiger partial charge is 0.277 e. The predicted molar refractivity (Wildman–Crippen MR) is 97.0 cm³/mol. The minimum absolute atomic E-state index is 0.0640. The summed E-state index contributed by atoms with van der Waals surface area (Å²) in [7, 11) is 0. The highest BCUT2D eigenvalue weighted by Gasteiger charge is 2.04.